The lowest BCUT2D eigenvalue weighted by Crippen LogP contribution is -2.32. The molecule has 0 aromatic rings. The van der Waals surface area contributed by atoms with Crippen LogP contribution in [0.25, 0.3) is 0 Å². The van der Waals surface area contributed by atoms with Crippen LogP contribution in [-0.4, -0.2) is 11.7 Å². The molecule has 0 aromatic heterocycles. The minimum absolute atomic E-state index is 0.346. The third kappa shape index (κ3) is 1.94. The predicted octanol–water partition coefficient (Wildman–Crippen LogP) is 1.91. The summed E-state index contributed by atoms with van der Waals surface area (Å²) >= 11 is 0. The van der Waals surface area contributed by atoms with Crippen molar-refractivity contribution in [1.82, 2.24) is 0 Å². The largest absolute Gasteiger partial charge is 0.443 e. The number of nitrogens with two attached hydrogens (primary N) is 1. The van der Waals surface area contributed by atoms with E-state index in [0.717, 1.165) is 25.7 Å². The highest BCUT2D eigenvalue weighted by atomic mass is 16.6. The molecular weight excluding hydrogens is 190 g/mol. The summed E-state index contributed by atoms with van der Waals surface area (Å²) in [5.41, 5.74) is 4.72. The van der Waals surface area contributed by atoms with Crippen molar-refractivity contribution < 1.29 is 9.53 Å². The highest BCUT2D eigenvalue weighted by Crippen LogP contribution is 2.51. The monoisotopic (exact) mass is 207 g/mol. The zero-order valence-electron chi connectivity index (χ0n) is 9.03. The summed E-state index contributed by atoms with van der Waals surface area (Å²) in [5.74, 6) is 4.50. The van der Waals surface area contributed by atoms with Crippen LogP contribution in [-0.2, 0) is 4.74 Å². The molecule has 0 aliphatic heterocycles. The van der Waals surface area contributed by atoms with Crippen molar-refractivity contribution >= 4 is 6.09 Å². The molecule has 82 valence electrons. The van der Waals surface area contributed by atoms with Crippen LogP contribution < -0.4 is 5.73 Å². The Kier molecular flexibility index (Phi) is 2.38. The Hall–Kier alpha value is -1.17. The summed E-state index contributed by atoms with van der Waals surface area (Å²) in [4.78, 5) is 10.8. The minimum Gasteiger partial charge on any atom is -0.443 e. The molecule has 2 saturated carbocycles. The van der Waals surface area contributed by atoms with Crippen LogP contribution >= 0.6 is 0 Å². The number of rotatable bonds is 1. The maximum atomic E-state index is 10.8. The van der Waals surface area contributed by atoms with E-state index in [1.165, 1.54) is 0 Å². The van der Waals surface area contributed by atoms with E-state index in [-0.39, 0.29) is 5.60 Å². The fourth-order valence-electron chi connectivity index (χ4n) is 3.37. The molecule has 0 aromatic carbocycles. The molecule has 3 nitrogen and oxygen atoms in total. The Morgan fingerprint density at radius 3 is 2.40 bits per heavy atom. The Bertz CT molecular complexity index is 304. The van der Waals surface area contributed by atoms with Crippen molar-refractivity contribution in [2.24, 2.45) is 23.5 Å². The van der Waals surface area contributed by atoms with Crippen molar-refractivity contribution in [2.75, 3.05) is 0 Å². The number of carbonyl (C=O) groups excluding carboxylic acids is 1. The molecular formula is C12H17NO2. The zero-order valence-corrected chi connectivity index (χ0v) is 9.03. The van der Waals surface area contributed by atoms with Gasteiger partial charge in [0.15, 0.2) is 0 Å². The summed E-state index contributed by atoms with van der Waals surface area (Å²) in [7, 11) is 0. The lowest BCUT2D eigenvalue weighted by molar-refractivity contribution is 0.0296. The second kappa shape index (κ2) is 3.44. The van der Waals surface area contributed by atoms with Crippen molar-refractivity contribution in [1.29, 1.82) is 0 Å². The number of terminal acetylenes is 1. The second-order valence-corrected chi connectivity index (χ2v) is 5.13. The lowest BCUT2D eigenvalue weighted by atomic mass is 9.96. The van der Waals surface area contributed by atoms with Gasteiger partial charge in [-0.3, -0.25) is 0 Å². The van der Waals surface area contributed by atoms with Crippen molar-refractivity contribution in [3.05, 3.63) is 0 Å². The van der Waals surface area contributed by atoms with E-state index in [2.05, 4.69) is 5.92 Å². The van der Waals surface area contributed by atoms with E-state index in [0.29, 0.717) is 17.8 Å². The van der Waals surface area contributed by atoms with Gasteiger partial charge in [0.05, 0.1) is 0 Å². The quantitative estimate of drug-likeness (QED) is 0.668. The van der Waals surface area contributed by atoms with Crippen LogP contribution in [0.2, 0.25) is 0 Å². The molecule has 2 aliphatic carbocycles. The van der Waals surface area contributed by atoms with E-state index in [4.69, 9.17) is 16.9 Å². The normalized spacial score (nSPS) is 43.3. The van der Waals surface area contributed by atoms with Gasteiger partial charge in [0, 0.05) is 5.92 Å². The molecule has 0 heterocycles. The van der Waals surface area contributed by atoms with E-state index in [9.17, 15) is 4.79 Å². The van der Waals surface area contributed by atoms with Gasteiger partial charge < -0.3 is 10.5 Å². The van der Waals surface area contributed by atoms with Crippen molar-refractivity contribution in [3.63, 3.8) is 0 Å². The predicted molar refractivity (Wildman–Crippen MR) is 56.8 cm³/mol. The fraction of sp³-hybridized carbons (Fsp3) is 0.750. The average Bonchev–Trinajstić information content (AvgIpc) is 2.56. The van der Waals surface area contributed by atoms with Gasteiger partial charge in [-0.2, -0.15) is 0 Å². The third-order valence-electron chi connectivity index (χ3n) is 3.81. The number of fused-ring (bicyclic) bond motifs is 1. The van der Waals surface area contributed by atoms with Crippen LogP contribution in [0.1, 0.15) is 32.6 Å². The molecule has 0 radical (unpaired) electrons. The first-order chi connectivity index (χ1) is 7.02. The SMILES string of the molecule is C#CC1C[C@@H]2C[C@@](C)(OC(N)=O)C[C@@H]2C1. The topological polar surface area (TPSA) is 52.3 Å². The molecule has 1 unspecified atom stereocenters. The van der Waals surface area contributed by atoms with Gasteiger partial charge in [0.2, 0.25) is 0 Å². The van der Waals surface area contributed by atoms with Crippen molar-refractivity contribution in [2.45, 2.75) is 38.2 Å². The minimum atomic E-state index is -0.661. The molecule has 2 N–H and O–H groups in total. The average molecular weight is 207 g/mol. The van der Waals surface area contributed by atoms with E-state index >= 15 is 0 Å². The van der Waals surface area contributed by atoms with Crippen molar-refractivity contribution in [3.8, 4) is 12.3 Å². The Labute approximate surface area is 90.4 Å². The number of carbonyl (C=O) groups is 1. The molecule has 2 rings (SSSR count). The second-order valence-electron chi connectivity index (χ2n) is 5.13. The maximum absolute atomic E-state index is 10.8. The summed E-state index contributed by atoms with van der Waals surface area (Å²) in [6.45, 7) is 1.97. The van der Waals surface area contributed by atoms with Crippen LogP contribution in [0.3, 0.4) is 0 Å². The number of ether oxygens (including phenoxy) is 1. The first-order valence-corrected chi connectivity index (χ1v) is 5.47. The van der Waals surface area contributed by atoms with Gasteiger partial charge in [0.25, 0.3) is 0 Å². The molecule has 3 heteroatoms. The Morgan fingerprint density at radius 2 is 2.00 bits per heavy atom. The molecule has 0 saturated heterocycles. The molecule has 1 amide bonds. The molecule has 2 fully saturated rings. The first-order valence-electron chi connectivity index (χ1n) is 5.47. The number of primary amides is 1. The highest BCUT2D eigenvalue weighted by molar-refractivity contribution is 5.65. The lowest BCUT2D eigenvalue weighted by Gasteiger charge is -2.24. The zero-order chi connectivity index (χ0) is 11.1. The number of amides is 1. The first kappa shape index (κ1) is 10.4. The smallest absolute Gasteiger partial charge is 0.405 e. The number of hydrogen-bond acceptors (Lipinski definition) is 2. The van der Waals surface area contributed by atoms with E-state index in [1.54, 1.807) is 0 Å². The van der Waals surface area contributed by atoms with Gasteiger partial charge in [-0.05, 0) is 44.4 Å². The Balaban J connectivity index is 1.99. The van der Waals surface area contributed by atoms with Gasteiger partial charge >= 0.3 is 6.09 Å². The summed E-state index contributed by atoms with van der Waals surface area (Å²) in [6.07, 6.45) is 8.76. The molecule has 15 heavy (non-hydrogen) atoms. The number of hydrogen-bond donors (Lipinski definition) is 1. The maximum Gasteiger partial charge on any atom is 0.405 e. The van der Waals surface area contributed by atoms with Gasteiger partial charge in [-0.25, -0.2) is 4.79 Å². The summed E-state index contributed by atoms with van der Waals surface area (Å²) < 4.78 is 5.19. The van der Waals surface area contributed by atoms with E-state index in [1.807, 2.05) is 6.92 Å². The van der Waals surface area contributed by atoms with Crippen LogP contribution in [0.4, 0.5) is 4.79 Å². The fourth-order valence-corrected chi connectivity index (χ4v) is 3.37. The van der Waals surface area contributed by atoms with Crippen LogP contribution in [0.5, 0.6) is 0 Å². The molecule has 4 atom stereocenters. The molecule has 0 bridgehead atoms. The molecule has 0 spiro atoms. The van der Waals surface area contributed by atoms with Gasteiger partial charge in [-0.1, -0.05) is 0 Å². The summed E-state index contributed by atoms with van der Waals surface area (Å²) in [6, 6.07) is 0. The van der Waals surface area contributed by atoms with Crippen LogP contribution in [0, 0.1) is 30.1 Å². The van der Waals surface area contributed by atoms with Gasteiger partial charge in [0.1, 0.15) is 5.60 Å². The van der Waals surface area contributed by atoms with E-state index < -0.39 is 6.09 Å². The summed E-state index contributed by atoms with van der Waals surface area (Å²) in [5, 5.41) is 0. The standard InChI is InChI=1S/C12H17NO2/c1-3-8-4-9-6-12(2,15-11(13)14)7-10(9)5-8/h1,8-10H,4-7H2,2H3,(H2,13,14)/t8?,9-,10+,12-. The molecule has 2 aliphatic rings. The van der Waals surface area contributed by atoms with Crippen LogP contribution in [0.15, 0.2) is 0 Å². The van der Waals surface area contributed by atoms with Gasteiger partial charge in [-0.15, -0.1) is 12.3 Å². The highest BCUT2D eigenvalue weighted by Gasteiger charge is 2.48. The third-order valence-corrected chi connectivity index (χ3v) is 3.81. The Morgan fingerprint density at radius 1 is 1.47 bits per heavy atom.